The zero-order valence-electron chi connectivity index (χ0n) is 7.26. The summed E-state index contributed by atoms with van der Waals surface area (Å²) in [5, 5.41) is 0. The van der Waals surface area contributed by atoms with Crippen LogP contribution in [-0.4, -0.2) is 4.98 Å². The van der Waals surface area contributed by atoms with Gasteiger partial charge in [0.25, 0.3) is 0 Å². The second kappa shape index (κ2) is 3.40. The molecule has 1 saturated carbocycles. The smallest absolute Gasteiger partial charge is 0.219 e. The number of halogens is 2. The highest BCUT2D eigenvalue weighted by molar-refractivity contribution is 5.19. The van der Waals surface area contributed by atoms with Crippen molar-refractivity contribution in [3.63, 3.8) is 0 Å². The van der Waals surface area contributed by atoms with Gasteiger partial charge in [-0.15, -0.1) is 0 Å². The van der Waals surface area contributed by atoms with E-state index in [0.717, 1.165) is 25.7 Å². The molecule has 0 radical (unpaired) electrons. The first-order valence-electron chi connectivity index (χ1n) is 4.59. The summed E-state index contributed by atoms with van der Waals surface area (Å²) in [6.45, 7) is 0. The molecule has 1 aliphatic rings. The zero-order valence-corrected chi connectivity index (χ0v) is 7.26. The van der Waals surface area contributed by atoms with Crippen LogP contribution in [0.2, 0.25) is 0 Å². The maximum absolute atomic E-state index is 13.2. The fourth-order valence-electron chi connectivity index (χ4n) is 2.00. The fourth-order valence-corrected chi connectivity index (χ4v) is 2.00. The average Bonchev–Trinajstić information content (AvgIpc) is 2.57. The lowest BCUT2D eigenvalue weighted by Gasteiger charge is -2.10. The molecule has 0 saturated heterocycles. The van der Waals surface area contributed by atoms with Crippen LogP contribution in [0.3, 0.4) is 0 Å². The molecule has 1 aromatic heterocycles. The standard InChI is InChI=1S/C10H11F2N/c11-8-5-6-13-10(12)9(8)7-3-1-2-4-7/h5-7H,1-4H2. The minimum atomic E-state index is -0.632. The van der Waals surface area contributed by atoms with Gasteiger partial charge in [-0.25, -0.2) is 9.37 Å². The number of pyridine rings is 1. The molecule has 1 aromatic rings. The molecule has 2 rings (SSSR count). The third kappa shape index (κ3) is 1.55. The molecule has 0 N–H and O–H groups in total. The predicted octanol–water partition coefficient (Wildman–Crippen LogP) is 3.02. The van der Waals surface area contributed by atoms with Crippen molar-refractivity contribution in [1.82, 2.24) is 4.98 Å². The summed E-state index contributed by atoms with van der Waals surface area (Å²) in [7, 11) is 0. The van der Waals surface area contributed by atoms with Gasteiger partial charge in [-0.2, -0.15) is 4.39 Å². The summed E-state index contributed by atoms with van der Waals surface area (Å²) in [6, 6.07) is 1.23. The van der Waals surface area contributed by atoms with E-state index in [1.165, 1.54) is 12.3 Å². The summed E-state index contributed by atoms with van der Waals surface area (Å²) >= 11 is 0. The predicted molar refractivity (Wildman–Crippen MR) is 45.4 cm³/mol. The van der Waals surface area contributed by atoms with E-state index >= 15 is 0 Å². The lowest BCUT2D eigenvalue weighted by Crippen LogP contribution is -2.02. The molecule has 0 bridgehead atoms. The topological polar surface area (TPSA) is 12.9 Å². The summed E-state index contributed by atoms with van der Waals surface area (Å²) in [5.74, 6) is -1.03. The van der Waals surface area contributed by atoms with Crippen LogP contribution in [0.25, 0.3) is 0 Å². The first kappa shape index (κ1) is 8.60. The van der Waals surface area contributed by atoms with Crippen LogP contribution < -0.4 is 0 Å². The van der Waals surface area contributed by atoms with E-state index in [4.69, 9.17) is 0 Å². The Hall–Kier alpha value is -0.990. The van der Waals surface area contributed by atoms with E-state index in [2.05, 4.69) is 4.98 Å². The van der Waals surface area contributed by atoms with Crippen molar-refractivity contribution in [3.05, 3.63) is 29.6 Å². The van der Waals surface area contributed by atoms with Gasteiger partial charge in [0.15, 0.2) is 0 Å². The number of rotatable bonds is 1. The van der Waals surface area contributed by atoms with Crippen LogP contribution in [0.5, 0.6) is 0 Å². The molecule has 1 nitrogen and oxygen atoms in total. The van der Waals surface area contributed by atoms with Gasteiger partial charge in [0.2, 0.25) is 5.95 Å². The molecule has 1 fully saturated rings. The molecule has 0 unspecified atom stereocenters. The Morgan fingerprint density at radius 1 is 1.23 bits per heavy atom. The number of nitrogens with zero attached hydrogens (tertiary/aromatic N) is 1. The van der Waals surface area contributed by atoms with Crippen LogP contribution in [0, 0.1) is 11.8 Å². The minimum Gasteiger partial charge on any atom is -0.228 e. The fraction of sp³-hybridized carbons (Fsp3) is 0.500. The van der Waals surface area contributed by atoms with Crippen molar-refractivity contribution in [2.24, 2.45) is 0 Å². The number of hydrogen-bond acceptors (Lipinski definition) is 1. The van der Waals surface area contributed by atoms with Crippen LogP contribution in [0.4, 0.5) is 8.78 Å². The van der Waals surface area contributed by atoms with Crippen molar-refractivity contribution in [1.29, 1.82) is 0 Å². The molecule has 0 spiro atoms. The molecule has 0 aromatic carbocycles. The Balaban J connectivity index is 2.37. The quantitative estimate of drug-likeness (QED) is 0.610. The third-order valence-corrected chi connectivity index (χ3v) is 2.65. The van der Waals surface area contributed by atoms with E-state index in [1.807, 2.05) is 0 Å². The molecule has 1 aliphatic carbocycles. The van der Waals surface area contributed by atoms with Gasteiger partial charge in [0.1, 0.15) is 5.82 Å². The SMILES string of the molecule is Fc1ccnc(F)c1C1CCCC1. The summed E-state index contributed by atoms with van der Waals surface area (Å²) in [6.07, 6.45) is 5.08. The van der Waals surface area contributed by atoms with Crippen LogP contribution in [0.15, 0.2) is 12.3 Å². The summed E-state index contributed by atoms with van der Waals surface area (Å²) in [5.41, 5.74) is 0.194. The van der Waals surface area contributed by atoms with Crippen LogP contribution >= 0.6 is 0 Å². The highest BCUT2D eigenvalue weighted by Gasteiger charge is 2.23. The normalized spacial score (nSPS) is 18.0. The average molecular weight is 183 g/mol. The first-order chi connectivity index (χ1) is 6.29. The summed E-state index contributed by atoms with van der Waals surface area (Å²) < 4.78 is 26.4. The third-order valence-electron chi connectivity index (χ3n) is 2.65. The molecule has 0 atom stereocenters. The van der Waals surface area contributed by atoms with Crippen molar-refractivity contribution in [2.45, 2.75) is 31.6 Å². The maximum atomic E-state index is 13.2. The Bertz CT molecular complexity index is 286. The largest absolute Gasteiger partial charge is 0.228 e. The first-order valence-corrected chi connectivity index (χ1v) is 4.59. The molecule has 0 amide bonds. The van der Waals surface area contributed by atoms with Gasteiger partial charge < -0.3 is 0 Å². The van der Waals surface area contributed by atoms with E-state index in [0.29, 0.717) is 0 Å². The minimum absolute atomic E-state index is 0.0497. The second-order valence-electron chi connectivity index (χ2n) is 3.48. The van der Waals surface area contributed by atoms with Crippen molar-refractivity contribution in [2.75, 3.05) is 0 Å². The van der Waals surface area contributed by atoms with Gasteiger partial charge in [0.05, 0.1) is 0 Å². The molecular weight excluding hydrogens is 172 g/mol. The Kier molecular flexibility index (Phi) is 2.25. The van der Waals surface area contributed by atoms with Gasteiger partial charge in [-0.1, -0.05) is 12.8 Å². The van der Waals surface area contributed by atoms with Crippen molar-refractivity contribution < 1.29 is 8.78 Å². The van der Waals surface area contributed by atoms with Gasteiger partial charge in [-0.3, -0.25) is 0 Å². The Morgan fingerprint density at radius 2 is 1.92 bits per heavy atom. The Morgan fingerprint density at radius 3 is 2.54 bits per heavy atom. The van der Waals surface area contributed by atoms with E-state index in [9.17, 15) is 8.78 Å². The lowest BCUT2D eigenvalue weighted by atomic mass is 9.99. The van der Waals surface area contributed by atoms with E-state index in [1.54, 1.807) is 0 Å². The van der Waals surface area contributed by atoms with Crippen molar-refractivity contribution >= 4 is 0 Å². The molecule has 0 aliphatic heterocycles. The van der Waals surface area contributed by atoms with Crippen LogP contribution in [-0.2, 0) is 0 Å². The number of aromatic nitrogens is 1. The van der Waals surface area contributed by atoms with E-state index < -0.39 is 11.8 Å². The zero-order chi connectivity index (χ0) is 9.26. The maximum Gasteiger partial charge on any atom is 0.219 e. The molecule has 70 valence electrons. The second-order valence-corrected chi connectivity index (χ2v) is 3.48. The highest BCUT2D eigenvalue weighted by Crippen LogP contribution is 2.35. The van der Waals surface area contributed by atoms with Gasteiger partial charge >= 0.3 is 0 Å². The molecule has 3 heteroatoms. The van der Waals surface area contributed by atoms with Gasteiger partial charge in [0, 0.05) is 11.8 Å². The highest BCUT2D eigenvalue weighted by atomic mass is 19.1. The number of hydrogen-bond donors (Lipinski definition) is 0. The summed E-state index contributed by atoms with van der Waals surface area (Å²) in [4.78, 5) is 3.48. The van der Waals surface area contributed by atoms with Crippen LogP contribution in [0.1, 0.15) is 37.2 Å². The lowest BCUT2D eigenvalue weighted by molar-refractivity contribution is 0.499. The Labute approximate surface area is 75.8 Å². The molecule has 13 heavy (non-hydrogen) atoms. The molecular formula is C10H11F2N. The van der Waals surface area contributed by atoms with Crippen molar-refractivity contribution in [3.8, 4) is 0 Å². The monoisotopic (exact) mass is 183 g/mol. The van der Waals surface area contributed by atoms with E-state index in [-0.39, 0.29) is 11.5 Å². The van der Waals surface area contributed by atoms with Gasteiger partial charge in [-0.05, 0) is 24.8 Å². The molecule has 1 heterocycles.